The molecule has 0 saturated carbocycles. The quantitative estimate of drug-likeness (QED) is 0.787. The molecule has 0 aliphatic heterocycles. The number of hydrogen-bond donors (Lipinski definition) is 1. The van der Waals surface area contributed by atoms with Crippen molar-refractivity contribution in [2.45, 2.75) is 58.5 Å². The van der Waals surface area contributed by atoms with E-state index < -0.39 is 5.60 Å². The number of fused-ring (bicyclic) bond motifs is 1. The molecule has 1 atom stereocenters. The third kappa shape index (κ3) is 1.75. The minimum absolute atomic E-state index is 0.468. The average molecular weight is 219 g/mol. The SMILES string of the molecule is Cc1c(C(C)C)cnc2c1C(C)(O)CCC2. The normalized spacial score (nSPS) is 24.6. The maximum atomic E-state index is 10.5. The zero-order valence-corrected chi connectivity index (χ0v) is 10.7. The fraction of sp³-hybridized carbons (Fsp3) is 0.643. The van der Waals surface area contributed by atoms with E-state index in [0.29, 0.717) is 5.92 Å². The Bertz CT molecular complexity index is 407. The Morgan fingerprint density at radius 3 is 2.75 bits per heavy atom. The summed E-state index contributed by atoms with van der Waals surface area (Å²) in [5, 5.41) is 10.5. The van der Waals surface area contributed by atoms with Gasteiger partial charge in [0.05, 0.1) is 5.60 Å². The van der Waals surface area contributed by atoms with Crippen LogP contribution in [0.1, 0.15) is 61.9 Å². The van der Waals surface area contributed by atoms with Crippen LogP contribution in [0.2, 0.25) is 0 Å². The molecule has 0 radical (unpaired) electrons. The minimum atomic E-state index is -0.685. The summed E-state index contributed by atoms with van der Waals surface area (Å²) in [6.45, 7) is 8.39. The third-order valence-electron chi connectivity index (χ3n) is 3.69. The predicted octanol–water partition coefficient (Wildman–Crippen LogP) is 3.06. The smallest absolute Gasteiger partial charge is 0.0888 e. The number of hydrogen-bond acceptors (Lipinski definition) is 2. The summed E-state index contributed by atoms with van der Waals surface area (Å²) in [6, 6.07) is 0. The van der Waals surface area contributed by atoms with Crippen molar-refractivity contribution in [3.05, 3.63) is 28.6 Å². The van der Waals surface area contributed by atoms with E-state index in [0.717, 1.165) is 30.5 Å². The molecule has 16 heavy (non-hydrogen) atoms. The topological polar surface area (TPSA) is 33.1 Å². The Morgan fingerprint density at radius 2 is 2.12 bits per heavy atom. The first kappa shape index (κ1) is 11.6. The van der Waals surface area contributed by atoms with E-state index in [9.17, 15) is 5.11 Å². The van der Waals surface area contributed by atoms with E-state index in [1.54, 1.807) is 0 Å². The average Bonchev–Trinajstić information content (AvgIpc) is 2.15. The van der Waals surface area contributed by atoms with E-state index in [4.69, 9.17) is 0 Å². The number of aromatic nitrogens is 1. The van der Waals surface area contributed by atoms with E-state index in [1.165, 1.54) is 11.1 Å². The monoisotopic (exact) mass is 219 g/mol. The number of rotatable bonds is 1. The van der Waals surface area contributed by atoms with Gasteiger partial charge in [-0.15, -0.1) is 0 Å². The lowest BCUT2D eigenvalue weighted by molar-refractivity contribution is 0.0371. The van der Waals surface area contributed by atoms with Crippen LogP contribution in [0.15, 0.2) is 6.20 Å². The van der Waals surface area contributed by atoms with Gasteiger partial charge in [0.25, 0.3) is 0 Å². The zero-order chi connectivity index (χ0) is 11.9. The van der Waals surface area contributed by atoms with Gasteiger partial charge in [-0.3, -0.25) is 4.98 Å². The first-order chi connectivity index (χ1) is 7.43. The summed E-state index contributed by atoms with van der Waals surface area (Å²) in [7, 11) is 0. The highest BCUT2D eigenvalue weighted by Crippen LogP contribution is 2.38. The van der Waals surface area contributed by atoms with Crippen LogP contribution < -0.4 is 0 Å². The molecule has 2 heteroatoms. The molecule has 0 amide bonds. The maximum absolute atomic E-state index is 10.5. The van der Waals surface area contributed by atoms with Crippen LogP contribution >= 0.6 is 0 Å². The van der Waals surface area contributed by atoms with Gasteiger partial charge >= 0.3 is 0 Å². The Labute approximate surface area is 97.7 Å². The fourth-order valence-electron chi connectivity index (χ4n) is 2.88. The molecule has 1 unspecified atom stereocenters. The van der Waals surface area contributed by atoms with Crippen LogP contribution in [0.4, 0.5) is 0 Å². The molecule has 0 spiro atoms. The molecule has 1 aliphatic carbocycles. The van der Waals surface area contributed by atoms with Gasteiger partial charge < -0.3 is 5.11 Å². The number of aliphatic hydroxyl groups is 1. The van der Waals surface area contributed by atoms with Crippen molar-refractivity contribution in [2.75, 3.05) is 0 Å². The van der Waals surface area contributed by atoms with Crippen molar-refractivity contribution in [2.24, 2.45) is 0 Å². The van der Waals surface area contributed by atoms with Crippen molar-refractivity contribution in [3.8, 4) is 0 Å². The molecule has 1 heterocycles. The minimum Gasteiger partial charge on any atom is -0.385 e. The second-order valence-corrected chi connectivity index (χ2v) is 5.44. The van der Waals surface area contributed by atoms with Crippen LogP contribution in [0.5, 0.6) is 0 Å². The van der Waals surface area contributed by atoms with Crippen molar-refractivity contribution in [3.63, 3.8) is 0 Å². The number of aryl methyl sites for hydroxylation is 1. The Kier molecular flexibility index (Phi) is 2.79. The van der Waals surface area contributed by atoms with Gasteiger partial charge in [-0.1, -0.05) is 13.8 Å². The summed E-state index contributed by atoms with van der Waals surface area (Å²) in [5.41, 5.74) is 4.00. The van der Waals surface area contributed by atoms with Gasteiger partial charge in [0.1, 0.15) is 0 Å². The number of pyridine rings is 1. The molecule has 1 aromatic rings. The molecule has 2 rings (SSSR count). The fourth-order valence-corrected chi connectivity index (χ4v) is 2.88. The van der Waals surface area contributed by atoms with Crippen LogP contribution in [0, 0.1) is 6.92 Å². The highest BCUT2D eigenvalue weighted by atomic mass is 16.3. The van der Waals surface area contributed by atoms with Gasteiger partial charge in [0.2, 0.25) is 0 Å². The second kappa shape index (κ2) is 3.85. The molecule has 0 aromatic carbocycles. The van der Waals surface area contributed by atoms with Crippen molar-refractivity contribution in [1.82, 2.24) is 4.98 Å². The third-order valence-corrected chi connectivity index (χ3v) is 3.69. The van der Waals surface area contributed by atoms with Crippen molar-refractivity contribution < 1.29 is 5.11 Å². The molecule has 2 nitrogen and oxygen atoms in total. The molecule has 1 aromatic heterocycles. The molecule has 0 bridgehead atoms. The summed E-state index contributed by atoms with van der Waals surface area (Å²) in [4.78, 5) is 4.54. The van der Waals surface area contributed by atoms with Crippen LogP contribution in [0.25, 0.3) is 0 Å². The van der Waals surface area contributed by atoms with Crippen molar-refractivity contribution in [1.29, 1.82) is 0 Å². The highest BCUT2D eigenvalue weighted by molar-refractivity contribution is 5.42. The van der Waals surface area contributed by atoms with E-state index in [1.807, 2.05) is 13.1 Å². The van der Waals surface area contributed by atoms with Crippen molar-refractivity contribution >= 4 is 0 Å². The number of nitrogens with zero attached hydrogens (tertiary/aromatic N) is 1. The largest absolute Gasteiger partial charge is 0.385 e. The lowest BCUT2D eigenvalue weighted by Gasteiger charge is -2.33. The summed E-state index contributed by atoms with van der Waals surface area (Å²) < 4.78 is 0. The molecule has 0 saturated heterocycles. The summed E-state index contributed by atoms with van der Waals surface area (Å²) in [6.07, 6.45) is 4.88. The highest BCUT2D eigenvalue weighted by Gasteiger charge is 2.32. The standard InChI is InChI=1S/C14H21NO/c1-9(2)11-8-15-12-6-5-7-14(4,16)13(12)10(11)3/h8-9,16H,5-7H2,1-4H3. The molecule has 1 aliphatic rings. The van der Waals surface area contributed by atoms with Gasteiger partial charge in [-0.25, -0.2) is 0 Å². The van der Waals surface area contributed by atoms with E-state index in [2.05, 4.69) is 25.8 Å². The Morgan fingerprint density at radius 1 is 1.44 bits per heavy atom. The van der Waals surface area contributed by atoms with Crippen LogP contribution in [-0.4, -0.2) is 10.1 Å². The summed E-state index contributed by atoms with van der Waals surface area (Å²) >= 11 is 0. The van der Waals surface area contributed by atoms with Gasteiger partial charge in [0, 0.05) is 17.5 Å². The van der Waals surface area contributed by atoms with E-state index >= 15 is 0 Å². The van der Waals surface area contributed by atoms with Gasteiger partial charge in [-0.05, 0) is 50.2 Å². The maximum Gasteiger partial charge on any atom is 0.0888 e. The second-order valence-electron chi connectivity index (χ2n) is 5.44. The lowest BCUT2D eigenvalue weighted by Crippen LogP contribution is -2.29. The lowest BCUT2D eigenvalue weighted by atomic mass is 9.78. The first-order valence-corrected chi connectivity index (χ1v) is 6.14. The molecular weight excluding hydrogens is 198 g/mol. The summed E-state index contributed by atoms with van der Waals surface area (Å²) in [5.74, 6) is 0.468. The van der Waals surface area contributed by atoms with Crippen LogP contribution in [0.3, 0.4) is 0 Å². The first-order valence-electron chi connectivity index (χ1n) is 6.14. The van der Waals surface area contributed by atoms with Gasteiger partial charge in [0.15, 0.2) is 0 Å². The Balaban J connectivity index is 2.62. The molecule has 1 N–H and O–H groups in total. The molecule has 0 fully saturated rings. The zero-order valence-electron chi connectivity index (χ0n) is 10.7. The molecular formula is C14H21NO. The van der Waals surface area contributed by atoms with E-state index in [-0.39, 0.29) is 0 Å². The van der Waals surface area contributed by atoms with Gasteiger partial charge in [-0.2, -0.15) is 0 Å². The molecule has 88 valence electrons. The van der Waals surface area contributed by atoms with Crippen LogP contribution in [-0.2, 0) is 12.0 Å². The Hall–Kier alpha value is -0.890. The predicted molar refractivity (Wildman–Crippen MR) is 65.6 cm³/mol.